The Morgan fingerprint density at radius 2 is 1.75 bits per heavy atom. The molecule has 0 aliphatic rings. The van der Waals surface area contributed by atoms with Crippen LogP contribution in [0.5, 0.6) is 0 Å². The largest absolute Gasteiger partial charge is 0.276 e. The summed E-state index contributed by atoms with van der Waals surface area (Å²) in [4.78, 5) is 3.16. The van der Waals surface area contributed by atoms with Gasteiger partial charge in [-0.25, -0.2) is 21.6 Å². The number of hydrogen-bond acceptors (Lipinski definition) is 3. The number of sulfonamides is 1. The Kier molecular flexibility index (Phi) is 3.87. The Morgan fingerprint density at radius 1 is 1.10 bits per heavy atom. The van der Waals surface area contributed by atoms with Crippen molar-refractivity contribution in [2.75, 3.05) is 4.72 Å². The summed E-state index contributed by atoms with van der Waals surface area (Å²) >= 11 is 5.68. The summed E-state index contributed by atoms with van der Waals surface area (Å²) < 4.78 is 64.8. The second-order valence-corrected chi connectivity index (χ2v) is 5.72. The molecule has 2 rings (SSSR count). The van der Waals surface area contributed by atoms with Crippen LogP contribution in [0.4, 0.5) is 18.9 Å². The third kappa shape index (κ3) is 2.86. The van der Waals surface area contributed by atoms with E-state index in [1.165, 1.54) is 12.3 Å². The average Bonchev–Trinajstić information content (AvgIpc) is 2.36. The Labute approximate surface area is 117 Å². The van der Waals surface area contributed by atoms with Gasteiger partial charge in [-0.05, 0) is 6.07 Å². The Balaban J connectivity index is 2.44. The molecule has 1 heterocycles. The Bertz CT molecular complexity index is 768. The summed E-state index contributed by atoms with van der Waals surface area (Å²) in [5.41, 5.74) is -0.733. The first kappa shape index (κ1) is 14.6. The molecule has 1 N–H and O–H groups in total. The third-order valence-corrected chi connectivity index (χ3v) is 4.11. The Morgan fingerprint density at radius 3 is 2.40 bits per heavy atom. The van der Waals surface area contributed by atoms with Crippen LogP contribution in [-0.4, -0.2) is 13.4 Å². The summed E-state index contributed by atoms with van der Waals surface area (Å²) in [5, 5.41) is -0.143. The molecule has 20 heavy (non-hydrogen) atoms. The molecule has 0 aliphatic heterocycles. The van der Waals surface area contributed by atoms with E-state index in [1.807, 2.05) is 0 Å². The predicted octanol–water partition coefficient (Wildman–Crippen LogP) is 2.95. The Hall–Kier alpha value is -1.80. The quantitative estimate of drug-likeness (QED) is 0.884. The van der Waals surface area contributed by atoms with Gasteiger partial charge in [0.05, 0.1) is 10.7 Å². The van der Waals surface area contributed by atoms with Crippen molar-refractivity contribution in [3.8, 4) is 0 Å². The maximum absolute atomic E-state index is 13.4. The zero-order valence-electron chi connectivity index (χ0n) is 9.57. The summed E-state index contributed by atoms with van der Waals surface area (Å²) in [6.45, 7) is 0. The van der Waals surface area contributed by atoms with E-state index in [0.29, 0.717) is 6.07 Å². The first-order chi connectivity index (χ1) is 9.31. The van der Waals surface area contributed by atoms with Gasteiger partial charge in [-0.1, -0.05) is 11.6 Å². The van der Waals surface area contributed by atoms with Crippen molar-refractivity contribution in [2.24, 2.45) is 0 Å². The minimum Gasteiger partial charge on any atom is -0.276 e. The number of nitrogens with zero attached hydrogens (tertiary/aromatic N) is 1. The highest BCUT2D eigenvalue weighted by atomic mass is 35.5. The van der Waals surface area contributed by atoms with Crippen LogP contribution in [0.3, 0.4) is 0 Å². The second-order valence-electron chi connectivity index (χ2n) is 3.66. The molecule has 0 bridgehead atoms. The summed E-state index contributed by atoms with van der Waals surface area (Å²) in [5.74, 6) is -4.07. The highest BCUT2D eigenvalue weighted by Gasteiger charge is 2.21. The molecule has 1 aromatic carbocycles. The van der Waals surface area contributed by atoms with Crippen LogP contribution in [0.25, 0.3) is 0 Å². The van der Waals surface area contributed by atoms with Gasteiger partial charge in [0, 0.05) is 24.5 Å². The predicted molar refractivity (Wildman–Crippen MR) is 66.4 cm³/mol. The standard InChI is InChI=1S/C11H6ClF3N2O2S/c12-6-1-2-16-5-11(6)20(18,19)17-10-4-8(14)7(13)3-9(10)15/h1-5,17H. The topological polar surface area (TPSA) is 59.1 Å². The molecule has 0 spiro atoms. The smallest absolute Gasteiger partial charge is 0.265 e. The van der Waals surface area contributed by atoms with Crippen LogP contribution in [0.2, 0.25) is 5.02 Å². The van der Waals surface area contributed by atoms with Crippen LogP contribution < -0.4 is 4.72 Å². The molecule has 2 aromatic rings. The number of pyridine rings is 1. The molecule has 1 aromatic heterocycles. The lowest BCUT2D eigenvalue weighted by Crippen LogP contribution is -2.15. The summed E-state index contributed by atoms with van der Waals surface area (Å²) in [6, 6.07) is 1.85. The van der Waals surface area contributed by atoms with Crippen molar-refractivity contribution in [1.29, 1.82) is 0 Å². The summed E-state index contributed by atoms with van der Waals surface area (Å²) in [6.07, 6.45) is 2.21. The fraction of sp³-hybridized carbons (Fsp3) is 0. The third-order valence-electron chi connectivity index (χ3n) is 2.28. The fourth-order valence-electron chi connectivity index (χ4n) is 1.36. The van der Waals surface area contributed by atoms with E-state index in [-0.39, 0.29) is 11.1 Å². The normalized spacial score (nSPS) is 11.4. The van der Waals surface area contributed by atoms with Crippen molar-refractivity contribution in [2.45, 2.75) is 4.90 Å². The van der Waals surface area contributed by atoms with Crippen LogP contribution in [-0.2, 0) is 10.0 Å². The van der Waals surface area contributed by atoms with Crippen molar-refractivity contribution in [3.05, 3.63) is 53.1 Å². The van der Waals surface area contributed by atoms with Crippen molar-refractivity contribution >= 4 is 27.3 Å². The zero-order valence-corrected chi connectivity index (χ0v) is 11.1. The number of anilines is 1. The fourth-order valence-corrected chi connectivity index (χ4v) is 2.85. The highest BCUT2D eigenvalue weighted by molar-refractivity contribution is 7.92. The van der Waals surface area contributed by atoms with Crippen molar-refractivity contribution < 1.29 is 21.6 Å². The van der Waals surface area contributed by atoms with Crippen LogP contribution in [0.15, 0.2) is 35.5 Å². The SMILES string of the molecule is O=S(=O)(Nc1cc(F)c(F)cc1F)c1cnccc1Cl. The monoisotopic (exact) mass is 322 g/mol. The maximum Gasteiger partial charge on any atom is 0.265 e. The van der Waals surface area contributed by atoms with Gasteiger partial charge in [-0.3, -0.25) is 9.71 Å². The lowest BCUT2D eigenvalue weighted by atomic mass is 10.3. The van der Waals surface area contributed by atoms with E-state index in [2.05, 4.69) is 4.98 Å². The number of halogens is 4. The average molecular weight is 323 g/mol. The van der Waals surface area contributed by atoms with E-state index >= 15 is 0 Å². The van der Waals surface area contributed by atoms with E-state index < -0.39 is 38.1 Å². The number of aromatic nitrogens is 1. The van der Waals surface area contributed by atoms with E-state index in [4.69, 9.17) is 11.6 Å². The van der Waals surface area contributed by atoms with Gasteiger partial charge in [-0.2, -0.15) is 0 Å². The molecule has 9 heteroatoms. The molecule has 0 saturated carbocycles. The molecule has 0 atom stereocenters. The van der Waals surface area contributed by atoms with Crippen LogP contribution in [0.1, 0.15) is 0 Å². The number of rotatable bonds is 3. The van der Waals surface area contributed by atoms with Gasteiger partial charge in [0.15, 0.2) is 11.6 Å². The zero-order chi connectivity index (χ0) is 14.9. The van der Waals surface area contributed by atoms with Crippen LogP contribution in [0, 0.1) is 17.5 Å². The lowest BCUT2D eigenvalue weighted by molar-refractivity contribution is 0.496. The molecule has 0 saturated heterocycles. The number of benzene rings is 1. The molecule has 0 aliphatic carbocycles. The van der Waals surface area contributed by atoms with E-state index in [9.17, 15) is 21.6 Å². The van der Waals surface area contributed by atoms with Crippen molar-refractivity contribution in [1.82, 2.24) is 4.98 Å². The summed E-state index contributed by atoms with van der Waals surface area (Å²) in [7, 11) is -4.27. The number of nitrogens with one attached hydrogen (secondary N) is 1. The first-order valence-electron chi connectivity index (χ1n) is 5.08. The molecule has 0 unspecified atom stereocenters. The lowest BCUT2D eigenvalue weighted by Gasteiger charge is -2.10. The minimum absolute atomic E-state index is 0.143. The molecule has 0 amide bonds. The van der Waals surface area contributed by atoms with Gasteiger partial charge in [0.2, 0.25) is 0 Å². The molecular formula is C11H6ClF3N2O2S. The van der Waals surface area contributed by atoms with Gasteiger partial charge in [0.1, 0.15) is 10.7 Å². The first-order valence-corrected chi connectivity index (χ1v) is 6.94. The van der Waals surface area contributed by atoms with Gasteiger partial charge in [-0.15, -0.1) is 0 Å². The number of hydrogen-bond donors (Lipinski definition) is 1. The molecule has 106 valence electrons. The van der Waals surface area contributed by atoms with E-state index in [0.717, 1.165) is 6.20 Å². The van der Waals surface area contributed by atoms with Gasteiger partial charge >= 0.3 is 0 Å². The van der Waals surface area contributed by atoms with Gasteiger partial charge < -0.3 is 0 Å². The molecule has 4 nitrogen and oxygen atoms in total. The van der Waals surface area contributed by atoms with Crippen molar-refractivity contribution in [3.63, 3.8) is 0 Å². The minimum atomic E-state index is -4.27. The maximum atomic E-state index is 13.4. The molecule has 0 radical (unpaired) electrons. The highest BCUT2D eigenvalue weighted by Crippen LogP contribution is 2.25. The second kappa shape index (κ2) is 5.29. The van der Waals surface area contributed by atoms with E-state index in [1.54, 1.807) is 4.72 Å². The van der Waals surface area contributed by atoms with Gasteiger partial charge in [0.25, 0.3) is 10.0 Å². The van der Waals surface area contributed by atoms with Crippen LogP contribution >= 0.6 is 11.6 Å². The molecule has 0 fully saturated rings. The molecular weight excluding hydrogens is 317 g/mol.